The van der Waals surface area contributed by atoms with Crippen LogP contribution in [0.3, 0.4) is 0 Å². The van der Waals surface area contributed by atoms with Crippen molar-refractivity contribution >= 4 is 5.91 Å². The van der Waals surface area contributed by atoms with Gasteiger partial charge in [-0.25, -0.2) is 0 Å². The number of rotatable bonds is 2. The normalized spacial score (nSPS) is 18.1. The van der Waals surface area contributed by atoms with Crippen LogP contribution in [0.5, 0.6) is 0 Å². The number of amides is 1. The van der Waals surface area contributed by atoms with Crippen molar-refractivity contribution in [1.82, 2.24) is 14.8 Å². The number of carbonyl (C=O) groups excluding carboxylic acids is 1. The lowest BCUT2D eigenvalue weighted by Crippen LogP contribution is -2.48. The van der Waals surface area contributed by atoms with Crippen molar-refractivity contribution in [1.29, 1.82) is 5.26 Å². The molecule has 0 N–H and O–H groups in total. The largest absolute Gasteiger partial charge is 0.340 e. The minimum Gasteiger partial charge on any atom is -0.340 e. The van der Waals surface area contributed by atoms with Crippen molar-refractivity contribution in [2.24, 2.45) is 0 Å². The van der Waals surface area contributed by atoms with Crippen molar-refractivity contribution in [2.45, 2.75) is 13.0 Å². The summed E-state index contributed by atoms with van der Waals surface area (Å²) in [4.78, 5) is 19.2. The topological polar surface area (TPSA) is 60.2 Å². The zero-order valence-electron chi connectivity index (χ0n) is 10.4. The van der Waals surface area contributed by atoms with E-state index in [4.69, 9.17) is 0 Å². The van der Waals surface area contributed by atoms with Crippen LogP contribution < -0.4 is 0 Å². The summed E-state index contributed by atoms with van der Waals surface area (Å²) in [7, 11) is 0. The molecule has 1 saturated heterocycles. The van der Waals surface area contributed by atoms with E-state index in [0.29, 0.717) is 13.1 Å². The average Bonchev–Trinajstić information content (AvgIpc) is 2.41. The highest BCUT2D eigenvalue weighted by Crippen LogP contribution is 2.20. The van der Waals surface area contributed by atoms with Crippen LogP contribution >= 0.6 is 0 Å². The maximum absolute atomic E-state index is 11.2. The van der Waals surface area contributed by atoms with E-state index >= 15 is 0 Å². The van der Waals surface area contributed by atoms with Gasteiger partial charge >= 0.3 is 0 Å². The quantitative estimate of drug-likeness (QED) is 0.772. The van der Waals surface area contributed by atoms with Gasteiger partial charge in [-0.1, -0.05) is 6.07 Å². The van der Waals surface area contributed by atoms with Gasteiger partial charge in [-0.05, 0) is 6.07 Å². The summed E-state index contributed by atoms with van der Waals surface area (Å²) >= 11 is 0. The Bertz CT molecular complexity index is 446. The molecule has 2 rings (SSSR count). The SMILES string of the molecule is CC(=O)N1CCN(C(C#N)c2cccnc2)CC1. The van der Waals surface area contributed by atoms with Gasteiger partial charge in [0.1, 0.15) is 6.04 Å². The highest BCUT2D eigenvalue weighted by Gasteiger charge is 2.25. The highest BCUT2D eigenvalue weighted by atomic mass is 16.2. The minimum absolute atomic E-state index is 0.101. The van der Waals surface area contributed by atoms with Gasteiger partial charge in [0, 0.05) is 51.1 Å². The second kappa shape index (κ2) is 5.61. The van der Waals surface area contributed by atoms with Crippen LogP contribution in [-0.4, -0.2) is 46.9 Å². The van der Waals surface area contributed by atoms with E-state index < -0.39 is 0 Å². The number of hydrogen-bond acceptors (Lipinski definition) is 4. The van der Waals surface area contributed by atoms with Gasteiger partial charge in [0.15, 0.2) is 0 Å². The third-order valence-corrected chi connectivity index (χ3v) is 3.25. The zero-order chi connectivity index (χ0) is 13.0. The highest BCUT2D eigenvalue weighted by molar-refractivity contribution is 5.73. The molecule has 1 amide bonds. The molecule has 18 heavy (non-hydrogen) atoms. The van der Waals surface area contributed by atoms with Crippen LogP contribution in [0, 0.1) is 11.3 Å². The minimum atomic E-state index is -0.271. The number of piperazine rings is 1. The van der Waals surface area contributed by atoms with Crippen LogP contribution in [-0.2, 0) is 4.79 Å². The molecule has 94 valence electrons. The lowest BCUT2D eigenvalue weighted by molar-refractivity contribution is -0.130. The molecular weight excluding hydrogens is 228 g/mol. The van der Waals surface area contributed by atoms with Gasteiger partial charge in [-0.2, -0.15) is 5.26 Å². The van der Waals surface area contributed by atoms with E-state index in [1.165, 1.54) is 0 Å². The third kappa shape index (κ3) is 2.66. The molecule has 0 radical (unpaired) electrons. The predicted molar refractivity (Wildman–Crippen MR) is 66.4 cm³/mol. The molecule has 5 nitrogen and oxygen atoms in total. The molecule has 2 heterocycles. The summed E-state index contributed by atoms with van der Waals surface area (Å²) in [5, 5.41) is 9.31. The molecule has 0 aliphatic carbocycles. The van der Waals surface area contributed by atoms with Crippen LogP contribution in [0.25, 0.3) is 0 Å². The van der Waals surface area contributed by atoms with Crippen molar-refractivity contribution in [2.75, 3.05) is 26.2 Å². The maximum Gasteiger partial charge on any atom is 0.219 e. The first-order valence-corrected chi connectivity index (χ1v) is 6.01. The van der Waals surface area contributed by atoms with E-state index in [-0.39, 0.29) is 11.9 Å². The number of aromatic nitrogens is 1. The summed E-state index contributed by atoms with van der Waals surface area (Å²) < 4.78 is 0. The third-order valence-electron chi connectivity index (χ3n) is 3.25. The summed E-state index contributed by atoms with van der Waals surface area (Å²) in [6.45, 7) is 4.42. The Balaban J connectivity index is 2.04. The summed E-state index contributed by atoms with van der Waals surface area (Å²) in [6, 6.07) is 5.80. The number of hydrogen-bond donors (Lipinski definition) is 0. The molecule has 1 aromatic heterocycles. The number of pyridine rings is 1. The summed E-state index contributed by atoms with van der Waals surface area (Å²) in [5.74, 6) is 0.101. The Morgan fingerprint density at radius 2 is 2.17 bits per heavy atom. The Hall–Kier alpha value is -1.93. The Kier molecular flexibility index (Phi) is 3.90. The molecule has 1 aromatic rings. The first-order chi connectivity index (χ1) is 8.72. The smallest absolute Gasteiger partial charge is 0.219 e. The summed E-state index contributed by atoms with van der Waals surface area (Å²) in [5.41, 5.74) is 0.913. The van der Waals surface area contributed by atoms with E-state index in [1.54, 1.807) is 19.3 Å². The van der Waals surface area contributed by atoms with Gasteiger partial charge in [0.05, 0.1) is 6.07 Å². The number of carbonyl (C=O) groups is 1. The molecule has 0 bridgehead atoms. The van der Waals surface area contributed by atoms with Gasteiger partial charge in [0.2, 0.25) is 5.91 Å². The van der Waals surface area contributed by atoms with Gasteiger partial charge < -0.3 is 4.90 Å². The lowest BCUT2D eigenvalue weighted by atomic mass is 10.1. The Labute approximate surface area is 107 Å². The Morgan fingerprint density at radius 3 is 2.67 bits per heavy atom. The molecule has 1 fully saturated rings. The fourth-order valence-corrected chi connectivity index (χ4v) is 2.20. The van der Waals surface area contributed by atoms with Crippen LogP contribution in [0.4, 0.5) is 0 Å². The molecular formula is C13H16N4O. The predicted octanol–water partition coefficient (Wildman–Crippen LogP) is 0.810. The van der Waals surface area contributed by atoms with E-state index in [2.05, 4.69) is 16.0 Å². The van der Waals surface area contributed by atoms with Crippen molar-refractivity contribution in [3.63, 3.8) is 0 Å². The van der Waals surface area contributed by atoms with Crippen LogP contribution in [0.2, 0.25) is 0 Å². The molecule has 0 spiro atoms. The van der Waals surface area contributed by atoms with Crippen LogP contribution in [0.1, 0.15) is 18.5 Å². The molecule has 1 aliphatic heterocycles. The fraction of sp³-hybridized carbons (Fsp3) is 0.462. The van der Waals surface area contributed by atoms with Crippen molar-refractivity contribution < 1.29 is 4.79 Å². The van der Waals surface area contributed by atoms with Crippen LogP contribution in [0.15, 0.2) is 24.5 Å². The molecule has 1 aliphatic rings. The second-order valence-corrected chi connectivity index (χ2v) is 4.36. The van der Waals surface area contributed by atoms with Gasteiger partial charge in [-0.3, -0.25) is 14.7 Å². The molecule has 1 unspecified atom stereocenters. The summed E-state index contributed by atoms with van der Waals surface area (Å²) in [6.07, 6.45) is 3.43. The number of nitriles is 1. The lowest BCUT2D eigenvalue weighted by Gasteiger charge is -2.36. The number of nitrogens with zero attached hydrogens (tertiary/aromatic N) is 4. The first-order valence-electron chi connectivity index (χ1n) is 6.01. The molecule has 1 atom stereocenters. The first kappa shape index (κ1) is 12.5. The molecule has 0 aromatic carbocycles. The van der Waals surface area contributed by atoms with Gasteiger partial charge in [-0.15, -0.1) is 0 Å². The second-order valence-electron chi connectivity index (χ2n) is 4.36. The Morgan fingerprint density at radius 1 is 1.44 bits per heavy atom. The fourth-order valence-electron chi connectivity index (χ4n) is 2.20. The zero-order valence-corrected chi connectivity index (χ0v) is 10.4. The van der Waals surface area contributed by atoms with Crippen molar-refractivity contribution in [3.8, 4) is 6.07 Å². The van der Waals surface area contributed by atoms with E-state index in [1.807, 2.05) is 17.0 Å². The monoisotopic (exact) mass is 244 g/mol. The molecule has 0 saturated carbocycles. The van der Waals surface area contributed by atoms with E-state index in [0.717, 1.165) is 18.7 Å². The standard InChI is InChI=1S/C13H16N4O/c1-11(18)16-5-7-17(8-6-16)13(9-14)12-3-2-4-15-10-12/h2-4,10,13H,5-8H2,1H3. The maximum atomic E-state index is 11.2. The van der Waals surface area contributed by atoms with Crippen molar-refractivity contribution in [3.05, 3.63) is 30.1 Å². The average molecular weight is 244 g/mol. The van der Waals surface area contributed by atoms with Gasteiger partial charge in [0.25, 0.3) is 0 Å². The van der Waals surface area contributed by atoms with E-state index in [9.17, 15) is 10.1 Å². The molecule has 5 heteroatoms.